The van der Waals surface area contributed by atoms with E-state index in [0.29, 0.717) is 11.1 Å². The van der Waals surface area contributed by atoms with Crippen molar-refractivity contribution < 1.29 is 8.78 Å². The maximum Gasteiger partial charge on any atom is 0.166 e. The van der Waals surface area contributed by atoms with E-state index < -0.39 is 11.6 Å². The zero-order chi connectivity index (χ0) is 10.8. The predicted octanol–water partition coefficient (Wildman–Crippen LogP) is 3.34. The van der Waals surface area contributed by atoms with E-state index in [1.165, 1.54) is 6.92 Å². The SMILES string of the molecule is Cc1ccc(-c2ccncc2)c(F)c1F. The Hall–Kier alpha value is -1.77. The van der Waals surface area contributed by atoms with Crippen molar-refractivity contribution in [2.24, 2.45) is 0 Å². The van der Waals surface area contributed by atoms with E-state index in [4.69, 9.17) is 0 Å². The van der Waals surface area contributed by atoms with E-state index in [1.807, 2.05) is 0 Å². The molecule has 1 nitrogen and oxygen atoms in total. The topological polar surface area (TPSA) is 12.9 Å². The van der Waals surface area contributed by atoms with Crippen LogP contribution in [0.4, 0.5) is 8.78 Å². The average Bonchev–Trinajstić information content (AvgIpc) is 2.27. The van der Waals surface area contributed by atoms with Crippen LogP contribution in [-0.2, 0) is 0 Å². The first-order valence-electron chi connectivity index (χ1n) is 4.55. The van der Waals surface area contributed by atoms with Crippen LogP contribution in [0.25, 0.3) is 11.1 Å². The fourth-order valence-corrected chi connectivity index (χ4v) is 1.40. The van der Waals surface area contributed by atoms with Crippen molar-refractivity contribution in [3.63, 3.8) is 0 Å². The normalized spacial score (nSPS) is 10.3. The lowest BCUT2D eigenvalue weighted by Crippen LogP contribution is -1.92. The van der Waals surface area contributed by atoms with Gasteiger partial charge in [0.25, 0.3) is 0 Å². The van der Waals surface area contributed by atoms with E-state index in [2.05, 4.69) is 4.98 Å². The molecule has 0 atom stereocenters. The Balaban J connectivity index is 2.60. The summed E-state index contributed by atoms with van der Waals surface area (Å²) in [5.41, 5.74) is 1.20. The van der Waals surface area contributed by atoms with Crippen LogP contribution in [0.2, 0.25) is 0 Å². The molecule has 0 bridgehead atoms. The van der Waals surface area contributed by atoms with E-state index in [9.17, 15) is 8.78 Å². The Kier molecular flexibility index (Phi) is 2.46. The highest BCUT2D eigenvalue weighted by molar-refractivity contribution is 5.64. The minimum absolute atomic E-state index is 0.264. The van der Waals surface area contributed by atoms with Crippen molar-refractivity contribution in [3.8, 4) is 11.1 Å². The molecule has 15 heavy (non-hydrogen) atoms. The quantitative estimate of drug-likeness (QED) is 0.695. The van der Waals surface area contributed by atoms with Crippen molar-refractivity contribution in [1.82, 2.24) is 4.98 Å². The molecule has 0 aliphatic carbocycles. The van der Waals surface area contributed by atoms with Crippen LogP contribution in [0, 0.1) is 18.6 Å². The monoisotopic (exact) mass is 205 g/mol. The van der Waals surface area contributed by atoms with Gasteiger partial charge in [-0.05, 0) is 30.2 Å². The molecule has 0 spiro atoms. The largest absolute Gasteiger partial charge is 0.265 e. The van der Waals surface area contributed by atoms with Gasteiger partial charge in [0.2, 0.25) is 0 Å². The maximum absolute atomic E-state index is 13.6. The van der Waals surface area contributed by atoms with E-state index in [0.717, 1.165) is 0 Å². The molecule has 0 radical (unpaired) electrons. The van der Waals surface area contributed by atoms with Crippen LogP contribution >= 0.6 is 0 Å². The molecule has 0 amide bonds. The second-order valence-corrected chi connectivity index (χ2v) is 3.29. The van der Waals surface area contributed by atoms with Crippen LogP contribution in [-0.4, -0.2) is 4.98 Å². The summed E-state index contributed by atoms with van der Waals surface area (Å²) in [5.74, 6) is -1.59. The molecule has 0 saturated heterocycles. The lowest BCUT2D eigenvalue weighted by Gasteiger charge is -2.05. The molecule has 0 aliphatic rings. The summed E-state index contributed by atoms with van der Waals surface area (Å²) in [6.45, 7) is 1.54. The molecule has 3 heteroatoms. The summed E-state index contributed by atoms with van der Waals surface area (Å²) in [6, 6.07) is 6.43. The second-order valence-electron chi connectivity index (χ2n) is 3.29. The lowest BCUT2D eigenvalue weighted by atomic mass is 10.0. The summed E-state index contributed by atoms with van der Waals surface area (Å²) < 4.78 is 26.8. The van der Waals surface area contributed by atoms with Gasteiger partial charge in [-0.2, -0.15) is 0 Å². The molecule has 0 fully saturated rings. The third kappa shape index (κ3) is 1.73. The van der Waals surface area contributed by atoms with Crippen molar-refractivity contribution in [2.75, 3.05) is 0 Å². The predicted molar refractivity (Wildman–Crippen MR) is 54.3 cm³/mol. The Morgan fingerprint density at radius 2 is 1.60 bits per heavy atom. The summed E-state index contributed by atoms with van der Waals surface area (Å²) in [4.78, 5) is 3.82. The van der Waals surface area contributed by atoms with E-state index in [-0.39, 0.29) is 5.56 Å². The highest BCUT2D eigenvalue weighted by Crippen LogP contribution is 2.25. The Morgan fingerprint density at radius 3 is 2.27 bits per heavy atom. The summed E-state index contributed by atoms with van der Waals surface area (Å²) in [5, 5.41) is 0. The smallest absolute Gasteiger partial charge is 0.166 e. The molecule has 0 unspecified atom stereocenters. The Morgan fingerprint density at radius 1 is 0.933 bits per heavy atom. The van der Waals surface area contributed by atoms with Crippen LogP contribution in [0.5, 0.6) is 0 Å². The average molecular weight is 205 g/mol. The van der Waals surface area contributed by atoms with Gasteiger partial charge in [-0.3, -0.25) is 4.98 Å². The van der Waals surface area contributed by atoms with Crippen LogP contribution in [0.15, 0.2) is 36.7 Å². The van der Waals surface area contributed by atoms with Gasteiger partial charge in [-0.25, -0.2) is 8.78 Å². The molecule has 0 N–H and O–H groups in total. The van der Waals surface area contributed by atoms with Gasteiger partial charge >= 0.3 is 0 Å². The number of hydrogen-bond donors (Lipinski definition) is 0. The summed E-state index contributed by atoms with van der Waals surface area (Å²) >= 11 is 0. The van der Waals surface area contributed by atoms with Crippen molar-refractivity contribution in [2.45, 2.75) is 6.92 Å². The van der Waals surface area contributed by atoms with Gasteiger partial charge in [0.05, 0.1) is 0 Å². The molecule has 0 aliphatic heterocycles. The van der Waals surface area contributed by atoms with Crippen LogP contribution in [0.3, 0.4) is 0 Å². The zero-order valence-corrected chi connectivity index (χ0v) is 8.17. The zero-order valence-electron chi connectivity index (χ0n) is 8.17. The molecule has 76 valence electrons. The highest BCUT2D eigenvalue weighted by Gasteiger charge is 2.11. The summed E-state index contributed by atoms with van der Waals surface area (Å²) in [7, 11) is 0. The van der Waals surface area contributed by atoms with Crippen LogP contribution < -0.4 is 0 Å². The van der Waals surface area contributed by atoms with Crippen molar-refractivity contribution in [1.29, 1.82) is 0 Å². The van der Waals surface area contributed by atoms with Gasteiger partial charge in [0.15, 0.2) is 11.6 Å². The molecule has 1 aromatic heterocycles. The Bertz CT molecular complexity index is 480. The number of nitrogens with zero attached hydrogens (tertiary/aromatic N) is 1. The molecular weight excluding hydrogens is 196 g/mol. The number of benzene rings is 1. The van der Waals surface area contributed by atoms with E-state index in [1.54, 1.807) is 36.7 Å². The second kappa shape index (κ2) is 3.77. The molecule has 0 saturated carbocycles. The standard InChI is InChI=1S/C12H9F2N/c1-8-2-3-10(12(14)11(8)13)9-4-6-15-7-5-9/h2-7H,1H3. The van der Waals surface area contributed by atoms with Crippen molar-refractivity contribution in [3.05, 3.63) is 53.9 Å². The highest BCUT2D eigenvalue weighted by atomic mass is 19.2. The minimum atomic E-state index is -0.804. The fourth-order valence-electron chi connectivity index (χ4n) is 1.40. The van der Waals surface area contributed by atoms with Crippen LogP contribution in [0.1, 0.15) is 5.56 Å². The number of halogens is 2. The molecule has 2 aromatic rings. The van der Waals surface area contributed by atoms with E-state index >= 15 is 0 Å². The number of rotatable bonds is 1. The number of pyridine rings is 1. The van der Waals surface area contributed by atoms with Gasteiger partial charge < -0.3 is 0 Å². The van der Waals surface area contributed by atoms with Gasteiger partial charge in [-0.1, -0.05) is 12.1 Å². The van der Waals surface area contributed by atoms with Gasteiger partial charge in [0, 0.05) is 18.0 Å². The van der Waals surface area contributed by atoms with Crippen molar-refractivity contribution >= 4 is 0 Å². The number of aryl methyl sites for hydroxylation is 1. The summed E-state index contributed by atoms with van der Waals surface area (Å²) in [6.07, 6.45) is 3.10. The first-order valence-corrected chi connectivity index (χ1v) is 4.55. The molecule has 1 aromatic carbocycles. The first kappa shape index (κ1) is 9.77. The Labute approximate surface area is 86.4 Å². The lowest BCUT2D eigenvalue weighted by molar-refractivity contribution is 0.505. The minimum Gasteiger partial charge on any atom is -0.265 e. The number of hydrogen-bond acceptors (Lipinski definition) is 1. The fraction of sp³-hybridized carbons (Fsp3) is 0.0833. The molecule has 1 heterocycles. The van der Waals surface area contributed by atoms with Gasteiger partial charge in [0.1, 0.15) is 0 Å². The number of aromatic nitrogens is 1. The molecule has 2 rings (SSSR count). The van der Waals surface area contributed by atoms with Gasteiger partial charge in [-0.15, -0.1) is 0 Å². The first-order chi connectivity index (χ1) is 7.20. The maximum atomic E-state index is 13.6. The molecular formula is C12H9F2N. The third-order valence-corrected chi connectivity index (χ3v) is 2.27. The third-order valence-electron chi connectivity index (χ3n) is 2.27.